The molecule has 1 fully saturated rings. The quantitative estimate of drug-likeness (QED) is 0.391. The van der Waals surface area contributed by atoms with Crippen molar-refractivity contribution in [2.45, 2.75) is 59.3 Å². The summed E-state index contributed by atoms with van der Waals surface area (Å²) in [5.41, 5.74) is 0.355. The number of carboxylic acids is 1. The molecule has 2 aromatic rings. The molecule has 1 aliphatic carbocycles. The third-order valence-corrected chi connectivity index (χ3v) is 6.35. The van der Waals surface area contributed by atoms with Gasteiger partial charge in [0.1, 0.15) is 6.54 Å². The number of ether oxygens (including phenoxy) is 2. The largest absolute Gasteiger partial charge is 0.481 e. The topological polar surface area (TPSA) is 128 Å². The summed E-state index contributed by atoms with van der Waals surface area (Å²) in [5.74, 6) is -0.483. The van der Waals surface area contributed by atoms with Crippen molar-refractivity contribution in [1.29, 1.82) is 0 Å². The summed E-state index contributed by atoms with van der Waals surface area (Å²) < 4.78 is 15.4. The van der Waals surface area contributed by atoms with Crippen LogP contribution in [0, 0.1) is 24.2 Å². The molecule has 204 valence electrons. The van der Waals surface area contributed by atoms with E-state index in [1.54, 1.807) is 6.20 Å². The molecule has 1 aromatic carbocycles. The van der Waals surface area contributed by atoms with Gasteiger partial charge in [0.15, 0.2) is 11.7 Å². The van der Waals surface area contributed by atoms with Gasteiger partial charge >= 0.3 is 11.9 Å². The smallest absolute Gasteiger partial charge is 0.325 e. The molecule has 0 unspecified atom stereocenters. The van der Waals surface area contributed by atoms with E-state index in [1.807, 2.05) is 51.1 Å². The minimum absolute atomic E-state index is 0.177. The van der Waals surface area contributed by atoms with Crippen LogP contribution in [0.5, 0.6) is 0 Å². The Labute approximate surface area is 218 Å². The van der Waals surface area contributed by atoms with Gasteiger partial charge in [0, 0.05) is 26.2 Å². The van der Waals surface area contributed by atoms with Crippen LogP contribution in [-0.2, 0) is 23.9 Å². The van der Waals surface area contributed by atoms with Crippen LogP contribution in [0.15, 0.2) is 40.9 Å². The molecule has 1 saturated carbocycles. The monoisotopic (exact) mass is 516 g/mol. The van der Waals surface area contributed by atoms with E-state index in [0.29, 0.717) is 38.4 Å². The predicted molar refractivity (Wildman–Crippen MR) is 139 cm³/mol. The van der Waals surface area contributed by atoms with Gasteiger partial charge in [0.05, 0.1) is 24.1 Å². The summed E-state index contributed by atoms with van der Waals surface area (Å²) in [7, 11) is 1.53. The van der Waals surface area contributed by atoms with E-state index >= 15 is 0 Å². The zero-order valence-electron chi connectivity index (χ0n) is 22.3. The minimum atomic E-state index is -0.910. The van der Waals surface area contributed by atoms with Crippen LogP contribution in [0.2, 0.25) is 0 Å². The summed E-state index contributed by atoms with van der Waals surface area (Å²) in [6, 6.07) is 9.94. The van der Waals surface area contributed by atoms with Crippen molar-refractivity contribution in [3.05, 3.63) is 42.4 Å². The van der Waals surface area contributed by atoms with Gasteiger partial charge in [0.25, 0.3) is 0 Å². The van der Waals surface area contributed by atoms with Gasteiger partial charge in [0.2, 0.25) is 5.91 Å². The van der Waals surface area contributed by atoms with Crippen LogP contribution in [-0.4, -0.2) is 54.8 Å². The molecule has 1 amide bonds. The van der Waals surface area contributed by atoms with Crippen molar-refractivity contribution >= 4 is 17.8 Å². The average molecular weight is 517 g/mol. The number of rotatable bonds is 12. The van der Waals surface area contributed by atoms with Crippen molar-refractivity contribution in [1.82, 2.24) is 10.3 Å². The molecular formula is C28H40N2O7. The van der Waals surface area contributed by atoms with E-state index in [9.17, 15) is 19.5 Å². The van der Waals surface area contributed by atoms with E-state index in [0.717, 1.165) is 24.2 Å². The van der Waals surface area contributed by atoms with Crippen LogP contribution >= 0.6 is 0 Å². The highest BCUT2D eigenvalue weighted by Gasteiger charge is 2.44. The molecule has 1 heterocycles. The Hall–Kier alpha value is -3.20. The number of aryl methyl sites for hydroxylation is 1. The highest BCUT2D eigenvalue weighted by molar-refractivity contribution is 5.87. The fourth-order valence-electron chi connectivity index (χ4n) is 4.37. The number of aromatic nitrogens is 1. The molecule has 0 bridgehead atoms. The number of benzene rings is 1. The number of nitrogens with zero attached hydrogens (tertiary/aromatic N) is 1. The molecule has 3 rings (SSSR count). The number of carbonyl (C=O) groups is 3. The SMILES string of the molecule is COCC[C@H](CC1(C(=O)NCC(=O)OCC(C)C)CCCC1)C(=O)O.Cc1ncc(-c2ccccc2)o1. The van der Waals surface area contributed by atoms with Gasteiger partial charge in [-0.2, -0.15) is 0 Å². The lowest BCUT2D eigenvalue weighted by Gasteiger charge is -2.30. The van der Waals surface area contributed by atoms with Crippen LogP contribution in [0.3, 0.4) is 0 Å². The number of carboxylic acid groups (broad SMARTS) is 1. The number of nitrogens with one attached hydrogen (secondary N) is 1. The molecule has 2 N–H and O–H groups in total. The first-order valence-electron chi connectivity index (χ1n) is 12.8. The molecule has 1 aromatic heterocycles. The van der Waals surface area contributed by atoms with Crippen molar-refractivity contribution in [3.63, 3.8) is 0 Å². The number of amides is 1. The fraction of sp³-hybridized carbons (Fsp3) is 0.571. The van der Waals surface area contributed by atoms with Gasteiger partial charge < -0.3 is 24.3 Å². The Morgan fingerprint density at radius 1 is 1.16 bits per heavy atom. The Morgan fingerprint density at radius 2 is 1.84 bits per heavy atom. The van der Waals surface area contributed by atoms with Crippen LogP contribution < -0.4 is 5.32 Å². The Kier molecular flexibility index (Phi) is 12.3. The van der Waals surface area contributed by atoms with Gasteiger partial charge in [-0.1, -0.05) is 57.0 Å². The normalized spacial score (nSPS) is 14.9. The number of hydrogen-bond acceptors (Lipinski definition) is 7. The second-order valence-electron chi connectivity index (χ2n) is 9.88. The molecule has 1 atom stereocenters. The van der Waals surface area contributed by atoms with Crippen molar-refractivity contribution in [2.24, 2.45) is 17.3 Å². The van der Waals surface area contributed by atoms with E-state index in [-0.39, 0.29) is 24.8 Å². The molecule has 0 aliphatic heterocycles. The molecule has 9 nitrogen and oxygen atoms in total. The number of oxazole rings is 1. The summed E-state index contributed by atoms with van der Waals surface area (Å²) in [6.07, 6.45) is 5.47. The predicted octanol–water partition coefficient (Wildman–Crippen LogP) is 4.64. The van der Waals surface area contributed by atoms with E-state index in [1.165, 1.54) is 7.11 Å². The lowest BCUT2D eigenvalue weighted by atomic mass is 9.76. The van der Waals surface area contributed by atoms with E-state index < -0.39 is 23.3 Å². The third kappa shape index (κ3) is 9.99. The zero-order chi connectivity index (χ0) is 27.3. The maximum absolute atomic E-state index is 12.7. The fourth-order valence-corrected chi connectivity index (χ4v) is 4.37. The van der Waals surface area contributed by atoms with Gasteiger partial charge in [-0.15, -0.1) is 0 Å². The maximum Gasteiger partial charge on any atom is 0.325 e. The Bertz CT molecular complexity index is 981. The Balaban J connectivity index is 0.000000330. The van der Waals surface area contributed by atoms with Crippen molar-refractivity contribution in [3.8, 4) is 11.3 Å². The number of aliphatic carboxylic acids is 1. The number of methoxy groups -OCH3 is 1. The summed E-state index contributed by atoms with van der Waals surface area (Å²) in [5, 5.41) is 12.1. The molecular weight excluding hydrogens is 476 g/mol. The van der Waals surface area contributed by atoms with Gasteiger partial charge in [-0.3, -0.25) is 14.4 Å². The summed E-state index contributed by atoms with van der Waals surface area (Å²) in [6.45, 7) is 6.20. The highest BCUT2D eigenvalue weighted by atomic mass is 16.5. The first-order chi connectivity index (χ1) is 17.7. The van der Waals surface area contributed by atoms with Crippen molar-refractivity contribution < 1.29 is 33.4 Å². The van der Waals surface area contributed by atoms with Gasteiger partial charge in [-0.25, -0.2) is 4.98 Å². The van der Waals surface area contributed by atoms with Gasteiger partial charge in [-0.05, 0) is 31.6 Å². The molecule has 0 spiro atoms. The molecule has 0 radical (unpaired) electrons. The number of esters is 1. The van der Waals surface area contributed by atoms with E-state index in [2.05, 4.69) is 10.3 Å². The standard InChI is InChI=1S/C18H31NO6.C10H9NO/c1-13(2)12-25-15(20)11-19-17(23)18(7-4-5-8-18)10-14(16(21)22)6-9-24-3;1-8-11-7-10(12-8)9-5-3-2-4-6-9/h13-14H,4-12H2,1-3H3,(H,19,23)(H,21,22);2-7H,1H3/t14-;/m1./s1. The van der Waals surface area contributed by atoms with Crippen LogP contribution in [0.4, 0.5) is 0 Å². The second kappa shape index (κ2) is 15.1. The molecule has 0 saturated heterocycles. The summed E-state index contributed by atoms with van der Waals surface area (Å²) >= 11 is 0. The number of carbonyl (C=O) groups excluding carboxylic acids is 2. The lowest BCUT2D eigenvalue weighted by Crippen LogP contribution is -2.43. The van der Waals surface area contributed by atoms with Crippen molar-refractivity contribution in [2.75, 3.05) is 26.9 Å². The molecule has 1 aliphatic rings. The Morgan fingerprint density at radius 3 is 2.38 bits per heavy atom. The summed E-state index contributed by atoms with van der Waals surface area (Å²) in [4.78, 5) is 39.9. The maximum atomic E-state index is 12.7. The highest BCUT2D eigenvalue weighted by Crippen LogP contribution is 2.44. The lowest BCUT2D eigenvalue weighted by molar-refractivity contribution is -0.148. The first-order valence-corrected chi connectivity index (χ1v) is 12.8. The van der Waals surface area contributed by atoms with Crippen LogP contribution in [0.1, 0.15) is 58.3 Å². The number of hydrogen-bond donors (Lipinski definition) is 2. The average Bonchev–Trinajstić information content (AvgIpc) is 3.54. The molecule has 37 heavy (non-hydrogen) atoms. The zero-order valence-corrected chi connectivity index (χ0v) is 22.3. The van der Waals surface area contributed by atoms with Crippen LogP contribution in [0.25, 0.3) is 11.3 Å². The molecule has 9 heteroatoms. The minimum Gasteiger partial charge on any atom is -0.481 e. The second-order valence-corrected chi connectivity index (χ2v) is 9.88. The van der Waals surface area contributed by atoms with E-state index in [4.69, 9.17) is 13.9 Å². The third-order valence-electron chi connectivity index (χ3n) is 6.35. The first kappa shape index (κ1) is 30.0.